The lowest BCUT2D eigenvalue weighted by Crippen LogP contribution is -2.59. The maximum absolute atomic E-state index is 13.4. The molecule has 1 aliphatic carbocycles. The molecule has 4 rings (SSSR count). The van der Waals surface area contributed by atoms with Crippen LogP contribution >= 0.6 is 0 Å². The number of amides is 2. The van der Waals surface area contributed by atoms with Crippen LogP contribution in [-0.2, 0) is 20.7 Å². The Kier molecular flexibility index (Phi) is 7.39. The number of carbonyl (C=O) groups excluding carboxylic acids is 2. The predicted molar refractivity (Wildman–Crippen MR) is 116 cm³/mol. The number of ether oxygens (including phenoxy) is 1. The maximum atomic E-state index is 13.4. The van der Waals surface area contributed by atoms with Crippen LogP contribution in [0.2, 0.25) is 0 Å². The summed E-state index contributed by atoms with van der Waals surface area (Å²) in [7, 11) is 0. The van der Waals surface area contributed by atoms with E-state index in [1.54, 1.807) is 0 Å². The Bertz CT molecular complexity index is 691. The molecular weight excluding hydrogens is 378 g/mol. The molecule has 3 fully saturated rings. The molecule has 6 heteroatoms. The molecule has 1 unspecified atom stereocenters. The summed E-state index contributed by atoms with van der Waals surface area (Å²) in [5.74, 6) is 0.977. The number of piperazine rings is 1. The van der Waals surface area contributed by atoms with Crippen molar-refractivity contribution in [2.45, 2.75) is 44.6 Å². The number of aryl methyl sites for hydroxylation is 1. The van der Waals surface area contributed by atoms with Gasteiger partial charge in [0.05, 0.1) is 19.3 Å². The summed E-state index contributed by atoms with van der Waals surface area (Å²) < 4.78 is 5.44. The van der Waals surface area contributed by atoms with Gasteiger partial charge in [-0.25, -0.2) is 0 Å². The fraction of sp³-hybridized carbons (Fsp3) is 0.667. The first kappa shape index (κ1) is 21.3. The van der Waals surface area contributed by atoms with Gasteiger partial charge in [0.25, 0.3) is 0 Å². The minimum absolute atomic E-state index is 0.0211. The first-order valence-electron chi connectivity index (χ1n) is 11.6. The van der Waals surface area contributed by atoms with E-state index in [1.807, 2.05) is 28.0 Å². The molecule has 1 aromatic rings. The van der Waals surface area contributed by atoms with E-state index in [0.717, 1.165) is 45.4 Å². The SMILES string of the molecule is O=C(CCc1ccccc1)N1CCN(C(C(=O)N2CCOCC2)C2CCCC2)CC1. The highest BCUT2D eigenvalue weighted by Gasteiger charge is 2.39. The van der Waals surface area contributed by atoms with Gasteiger partial charge in [-0.1, -0.05) is 43.2 Å². The zero-order valence-electron chi connectivity index (χ0n) is 18.0. The lowest BCUT2D eigenvalue weighted by molar-refractivity contribution is -0.145. The molecule has 6 nitrogen and oxygen atoms in total. The molecule has 0 bridgehead atoms. The van der Waals surface area contributed by atoms with E-state index >= 15 is 0 Å². The third-order valence-electron chi connectivity index (χ3n) is 6.95. The van der Waals surface area contributed by atoms with Crippen molar-refractivity contribution < 1.29 is 14.3 Å². The number of nitrogens with zero attached hydrogens (tertiary/aromatic N) is 3. The molecule has 2 heterocycles. The molecule has 0 spiro atoms. The van der Waals surface area contributed by atoms with Gasteiger partial charge < -0.3 is 14.5 Å². The van der Waals surface area contributed by atoms with Gasteiger partial charge in [0.15, 0.2) is 0 Å². The average Bonchev–Trinajstić information content (AvgIpc) is 3.34. The lowest BCUT2D eigenvalue weighted by atomic mass is 9.94. The molecule has 1 atom stereocenters. The van der Waals surface area contributed by atoms with Gasteiger partial charge in [0.2, 0.25) is 11.8 Å². The van der Waals surface area contributed by atoms with Crippen LogP contribution in [0.4, 0.5) is 0 Å². The van der Waals surface area contributed by atoms with E-state index in [9.17, 15) is 9.59 Å². The highest BCUT2D eigenvalue weighted by atomic mass is 16.5. The Morgan fingerprint density at radius 2 is 1.57 bits per heavy atom. The largest absolute Gasteiger partial charge is 0.378 e. The Hall–Kier alpha value is -1.92. The number of hydrogen-bond donors (Lipinski definition) is 0. The number of benzene rings is 1. The molecule has 1 aromatic carbocycles. The van der Waals surface area contributed by atoms with Gasteiger partial charge in [-0.2, -0.15) is 0 Å². The molecular formula is C24H35N3O3. The van der Waals surface area contributed by atoms with E-state index in [2.05, 4.69) is 17.0 Å². The summed E-state index contributed by atoms with van der Waals surface area (Å²) in [6.45, 7) is 5.77. The van der Waals surface area contributed by atoms with Gasteiger partial charge >= 0.3 is 0 Å². The third-order valence-corrected chi connectivity index (χ3v) is 6.95. The molecule has 0 radical (unpaired) electrons. The van der Waals surface area contributed by atoms with Crippen molar-refractivity contribution in [2.75, 3.05) is 52.5 Å². The van der Waals surface area contributed by atoms with Crippen LogP contribution in [0.5, 0.6) is 0 Å². The van der Waals surface area contributed by atoms with Crippen molar-refractivity contribution in [1.29, 1.82) is 0 Å². The highest BCUT2D eigenvalue weighted by molar-refractivity contribution is 5.82. The van der Waals surface area contributed by atoms with Gasteiger partial charge in [0, 0.05) is 45.7 Å². The summed E-state index contributed by atoms with van der Waals surface area (Å²) in [4.78, 5) is 32.5. The van der Waals surface area contributed by atoms with Crippen LogP contribution in [0.25, 0.3) is 0 Å². The Morgan fingerprint density at radius 1 is 0.900 bits per heavy atom. The number of carbonyl (C=O) groups is 2. The van der Waals surface area contributed by atoms with E-state index < -0.39 is 0 Å². The summed E-state index contributed by atoms with van der Waals surface area (Å²) >= 11 is 0. The van der Waals surface area contributed by atoms with Crippen LogP contribution in [0.1, 0.15) is 37.7 Å². The van der Waals surface area contributed by atoms with Crippen LogP contribution < -0.4 is 0 Å². The monoisotopic (exact) mass is 413 g/mol. The fourth-order valence-electron chi connectivity index (χ4n) is 5.20. The van der Waals surface area contributed by atoms with Crippen LogP contribution in [0.3, 0.4) is 0 Å². The lowest BCUT2D eigenvalue weighted by Gasteiger charge is -2.43. The topological polar surface area (TPSA) is 53.1 Å². The first-order chi connectivity index (χ1) is 14.7. The van der Waals surface area contributed by atoms with Gasteiger partial charge in [0.1, 0.15) is 0 Å². The van der Waals surface area contributed by atoms with Crippen LogP contribution in [0, 0.1) is 5.92 Å². The minimum atomic E-state index is -0.0211. The number of rotatable bonds is 6. The van der Waals surface area contributed by atoms with E-state index in [4.69, 9.17) is 4.74 Å². The number of morpholine rings is 1. The molecule has 0 aromatic heterocycles. The van der Waals surface area contributed by atoms with E-state index in [0.29, 0.717) is 38.6 Å². The average molecular weight is 414 g/mol. The van der Waals surface area contributed by atoms with Gasteiger partial charge in [-0.3, -0.25) is 14.5 Å². The summed E-state index contributed by atoms with van der Waals surface area (Å²) in [6, 6.07) is 10.2. The standard InChI is InChI=1S/C24H35N3O3/c28-22(11-10-20-6-2-1-3-7-20)25-12-14-26(15-13-25)23(21-8-4-5-9-21)24(29)27-16-18-30-19-17-27/h1-3,6-7,21,23H,4-5,8-19H2. The second-order valence-electron chi connectivity index (χ2n) is 8.83. The second-order valence-corrected chi connectivity index (χ2v) is 8.83. The number of hydrogen-bond acceptors (Lipinski definition) is 4. The van der Waals surface area contributed by atoms with E-state index in [-0.39, 0.29) is 17.9 Å². The quantitative estimate of drug-likeness (QED) is 0.717. The normalized spacial score (nSPS) is 22.3. The van der Waals surface area contributed by atoms with Gasteiger partial charge in [-0.05, 0) is 30.7 Å². The van der Waals surface area contributed by atoms with Crippen molar-refractivity contribution in [3.05, 3.63) is 35.9 Å². The predicted octanol–water partition coefficient (Wildman–Crippen LogP) is 2.18. The minimum Gasteiger partial charge on any atom is -0.378 e. The zero-order valence-corrected chi connectivity index (χ0v) is 18.0. The summed E-state index contributed by atoms with van der Waals surface area (Å²) in [5, 5.41) is 0. The maximum Gasteiger partial charge on any atom is 0.240 e. The van der Waals surface area contributed by atoms with Crippen molar-refractivity contribution in [1.82, 2.24) is 14.7 Å². The molecule has 3 aliphatic rings. The highest BCUT2D eigenvalue weighted by Crippen LogP contribution is 2.32. The molecule has 1 saturated carbocycles. The fourth-order valence-corrected chi connectivity index (χ4v) is 5.20. The van der Waals surface area contributed by atoms with Crippen LogP contribution in [-0.4, -0.2) is 85.0 Å². The molecule has 2 saturated heterocycles. The molecule has 30 heavy (non-hydrogen) atoms. The van der Waals surface area contributed by atoms with Crippen molar-refractivity contribution in [3.8, 4) is 0 Å². The van der Waals surface area contributed by atoms with Gasteiger partial charge in [-0.15, -0.1) is 0 Å². The molecule has 0 N–H and O–H groups in total. The summed E-state index contributed by atoms with van der Waals surface area (Å²) in [6.07, 6.45) is 6.11. The molecule has 2 aliphatic heterocycles. The summed E-state index contributed by atoms with van der Waals surface area (Å²) in [5.41, 5.74) is 1.21. The Balaban J connectivity index is 1.32. The first-order valence-corrected chi connectivity index (χ1v) is 11.6. The molecule has 2 amide bonds. The molecule has 164 valence electrons. The van der Waals surface area contributed by atoms with Crippen molar-refractivity contribution in [3.63, 3.8) is 0 Å². The van der Waals surface area contributed by atoms with Crippen molar-refractivity contribution in [2.24, 2.45) is 5.92 Å². The van der Waals surface area contributed by atoms with Crippen molar-refractivity contribution >= 4 is 11.8 Å². The van der Waals surface area contributed by atoms with E-state index in [1.165, 1.54) is 18.4 Å². The smallest absolute Gasteiger partial charge is 0.240 e. The second kappa shape index (κ2) is 10.4. The Labute approximate surface area is 180 Å². The third kappa shape index (κ3) is 5.22. The Morgan fingerprint density at radius 3 is 2.23 bits per heavy atom. The van der Waals surface area contributed by atoms with Crippen LogP contribution in [0.15, 0.2) is 30.3 Å². The zero-order chi connectivity index (χ0) is 20.8.